The van der Waals surface area contributed by atoms with E-state index in [2.05, 4.69) is 13.8 Å². The van der Waals surface area contributed by atoms with Gasteiger partial charge in [-0.15, -0.1) is 0 Å². The average Bonchev–Trinajstić information content (AvgIpc) is 2.93. The summed E-state index contributed by atoms with van der Waals surface area (Å²) in [5.74, 6) is 0.371. The number of benzene rings is 1. The number of phenolic OH excluding ortho intramolecular Hbond substituents is 1. The van der Waals surface area contributed by atoms with Crippen LogP contribution in [-0.2, 0) is 14.3 Å². The number of nitrogens with zero attached hydrogens (tertiary/aromatic N) is 1. The van der Waals surface area contributed by atoms with Crippen molar-refractivity contribution in [3.8, 4) is 5.75 Å². The molecule has 4 rings (SSSR count). The molecule has 1 saturated carbocycles. The quantitative estimate of drug-likeness (QED) is 0.832. The molecule has 2 aliphatic heterocycles. The molecule has 6 heteroatoms. The molecular formula is C22H27NO5. The largest absolute Gasteiger partial charge is 0.508 e. The summed E-state index contributed by atoms with van der Waals surface area (Å²) in [4.78, 5) is 28.3. The third-order valence-electron chi connectivity index (χ3n) is 6.27. The first-order valence-electron chi connectivity index (χ1n) is 10.1. The van der Waals surface area contributed by atoms with Crippen molar-refractivity contribution in [2.45, 2.75) is 45.3 Å². The van der Waals surface area contributed by atoms with Crippen LogP contribution < -0.4 is 0 Å². The molecule has 150 valence electrons. The summed E-state index contributed by atoms with van der Waals surface area (Å²) in [5.41, 5.74) is 1.10. The smallest absolute Gasteiger partial charge is 0.290 e. The lowest BCUT2D eigenvalue weighted by atomic mass is 9.70. The number of carbonyl (C=O) groups is 2. The number of rotatable bonds is 4. The van der Waals surface area contributed by atoms with Gasteiger partial charge in [-0.05, 0) is 48.8 Å². The molecule has 28 heavy (non-hydrogen) atoms. The second kappa shape index (κ2) is 7.24. The maximum atomic E-state index is 13.5. The Morgan fingerprint density at radius 2 is 2.00 bits per heavy atom. The summed E-state index contributed by atoms with van der Waals surface area (Å²) < 4.78 is 6.19. The van der Waals surface area contributed by atoms with Gasteiger partial charge in [-0.1, -0.05) is 26.0 Å². The molecule has 0 aromatic heterocycles. The third-order valence-corrected chi connectivity index (χ3v) is 6.27. The molecule has 3 aliphatic rings. The van der Waals surface area contributed by atoms with Gasteiger partial charge in [0, 0.05) is 13.2 Å². The van der Waals surface area contributed by atoms with Crippen molar-refractivity contribution in [2.75, 3.05) is 13.2 Å². The second-order valence-corrected chi connectivity index (χ2v) is 8.42. The third kappa shape index (κ3) is 3.00. The summed E-state index contributed by atoms with van der Waals surface area (Å²) in [6.45, 7) is 4.52. The van der Waals surface area contributed by atoms with Gasteiger partial charge in [-0.2, -0.15) is 0 Å². The zero-order valence-corrected chi connectivity index (χ0v) is 16.3. The minimum atomic E-state index is -0.581. The Morgan fingerprint density at radius 1 is 1.21 bits per heavy atom. The lowest BCUT2D eigenvalue weighted by molar-refractivity contribution is -0.139. The van der Waals surface area contributed by atoms with Gasteiger partial charge in [0.05, 0.1) is 17.5 Å². The summed E-state index contributed by atoms with van der Waals surface area (Å²) in [7, 11) is 0. The van der Waals surface area contributed by atoms with E-state index in [1.54, 1.807) is 23.1 Å². The molecule has 0 bridgehead atoms. The number of hydrogen-bond donors (Lipinski definition) is 2. The zero-order valence-electron chi connectivity index (χ0n) is 16.3. The molecule has 1 amide bonds. The highest BCUT2D eigenvalue weighted by Gasteiger charge is 2.53. The molecule has 5 unspecified atom stereocenters. The van der Waals surface area contributed by atoms with Crippen molar-refractivity contribution < 1.29 is 24.5 Å². The van der Waals surface area contributed by atoms with Gasteiger partial charge in [0.25, 0.3) is 5.91 Å². The normalized spacial score (nSPS) is 32.2. The van der Waals surface area contributed by atoms with Crippen LogP contribution in [0.4, 0.5) is 0 Å². The van der Waals surface area contributed by atoms with Crippen molar-refractivity contribution in [2.24, 2.45) is 17.8 Å². The number of aliphatic hydroxyl groups excluding tert-OH is 1. The predicted octanol–water partition coefficient (Wildman–Crippen LogP) is 2.56. The van der Waals surface area contributed by atoms with Crippen molar-refractivity contribution >= 4 is 11.7 Å². The molecule has 0 saturated heterocycles. The number of ether oxygens (including phenoxy) is 1. The van der Waals surface area contributed by atoms with E-state index in [9.17, 15) is 19.8 Å². The Hall–Kier alpha value is -2.34. The lowest BCUT2D eigenvalue weighted by Crippen LogP contribution is -2.45. The van der Waals surface area contributed by atoms with Crippen LogP contribution in [0.3, 0.4) is 0 Å². The molecule has 6 nitrogen and oxygen atoms in total. The molecule has 2 heterocycles. The maximum Gasteiger partial charge on any atom is 0.290 e. The molecular weight excluding hydrogens is 358 g/mol. The first-order valence-corrected chi connectivity index (χ1v) is 10.1. The highest BCUT2D eigenvalue weighted by molar-refractivity contribution is 6.11. The number of aromatic hydroxyl groups is 1. The van der Waals surface area contributed by atoms with E-state index < -0.39 is 6.04 Å². The molecule has 5 atom stereocenters. The maximum absolute atomic E-state index is 13.5. The number of amides is 1. The predicted molar refractivity (Wildman–Crippen MR) is 102 cm³/mol. The van der Waals surface area contributed by atoms with E-state index >= 15 is 0 Å². The number of phenols is 1. The van der Waals surface area contributed by atoms with Crippen molar-refractivity contribution in [3.05, 3.63) is 41.2 Å². The first-order chi connectivity index (χ1) is 13.4. The summed E-state index contributed by atoms with van der Waals surface area (Å²) in [6.07, 6.45) is 1.90. The van der Waals surface area contributed by atoms with Crippen molar-refractivity contribution in [3.63, 3.8) is 0 Å². The van der Waals surface area contributed by atoms with E-state index in [4.69, 9.17) is 4.74 Å². The Morgan fingerprint density at radius 3 is 2.71 bits per heavy atom. The fraction of sp³-hybridized carbons (Fsp3) is 0.545. The van der Waals surface area contributed by atoms with Crippen LogP contribution in [0.2, 0.25) is 0 Å². The Labute approximate surface area is 164 Å². The van der Waals surface area contributed by atoms with E-state index in [1.807, 2.05) is 6.07 Å². The standard InChI is InChI=1S/C22H27NO5/c1-12-9-13(2)20-16(10-12)19(26)17-18(14-5-3-6-15(25)11-14)23(7-4-8-24)22(27)21(17)28-20/h3,5-6,11-13,16,18,20,24-25H,4,7-10H2,1-2H3. The number of Topliss-reactive ketones (excluding diaryl/α,β-unsaturated/α-hetero) is 1. The van der Waals surface area contributed by atoms with Crippen LogP contribution in [0.1, 0.15) is 44.7 Å². The zero-order chi connectivity index (χ0) is 20.0. The Kier molecular flexibility index (Phi) is 4.91. The van der Waals surface area contributed by atoms with Crippen LogP contribution in [-0.4, -0.2) is 46.1 Å². The molecule has 1 aromatic rings. The number of hydrogen-bond acceptors (Lipinski definition) is 5. The van der Waals surface area contributed by atoms with Crippen molar-refractivity contribution in [1.82, 2.24) is 4.90 Å². The van der Waals surface area contributed by atoms with Gasteiger partial charge in [0.1, 0.15) is 11.9 Å². The van der Waals surface area contributed by atoms with Crippen LogP contribution in [0.25, 0.3) is 0 Å². The topological polar surface area (TPSA) is 87.1 Å². The van der Waals surface area contributed by atoms with E-state index in [0.29, 0.717) is 30.0 Å². The van der Waals surface area contributed by atoms with Gasteiger partial charge in [-0.3, -0.25) is 9.59 Å². The molecule has 1 aromatic carbocycles. The molecule has 0 spiro atoms. The van der Waals surface area contributed by atoms with Gasteiger partial charge < -0.3 is 19.8 Å². The second-order valence-electron chi connectivity index (χ2n) is 8.42. The van der Waals surface area contributed by atoms with Gasteiger partial charge in [0.2, 0.25) is 0 Å². The lowest BCUT2D eigenvalue weighted by Gasteiger charge is -2.41. The summed E-state index contributed by atoms with van der Waals surface area (Å²) >= 11 is 0. The molecule has 1 fully saturated rings. The van der Waals surface area contributed by atoms with Gasteiger partial charge in [0.15, 0.2) is 11.5 Å². The van der Waals surface area contributed by atoms with Gasteiger partial charge >= 0.3 is 0 Å². The highest BCUT2D eigenvalue weighted by Crippen LogP contribution is 2.49. The monoisotopic (exact) mass is 385 g/mol. The van der Waals surface area contributed by atoms with Crippen LogP contribution in [0, 0.1) is 17.8 Å². The summed E-state index contributed by atoms with van der Waals surface area (Å²) in [5, 5.41) is 19.2. The summed E-state index contributed by atoms with van der Waals surface area (Å²) in [6, 6.07) is 6.09. The highest BCUT2D eigenvalue weighted by atomic mass is 16.5. The van der Waals surface area contributed by atoms with Crippen molar-refractivity contribution in [1.29, 1.82) is 0 Å². The van der Waals surface area contributed by atoms with E-state index in [1.165, 1.54) is 0 Å². The minimum Gasteiger partial charge on any atom is -0.508 e. The Bertz CT molecular complexity index is 832. The molecule has 2 N–H and O–H groups in total. The van der Waals surface area contributed by atoms with Crippen LogP contribution >= 0.6 is 0 Å². The number of ketones is 1. The number of carbonyl (C=O) groups excluding carboxylic acids is 2. The number of fused-ring (bicyclic) bond motifs is 1. The number of aliphatic hydroxyl groups is 1. The molecule has 1 aliphatic carbocycles. The van der Waals surface area contributed by atoms with Crippen LogP contribution in [0.15, 0.2) is 35.6 Å². The fourth-order valence-electron chi connectivity index (χ4n) is 5.14. The minimum absolute atomic E-state index is 0.00200. The average molecular weight is 385 g/mol. The van der Waals surface area contributed by atoms with Crippen LogP contribution in [0.5, 0.6) is 5.75 Å². The SMILES string of the molecule is CC1CC(C)C2OC3=C(C(=O)C2C1)C(c1cccc(O)c1)N(CCCO)C3=O. The van der Waals surface area contributed by atoms with E-state index in [-0.39, 0.29) is 47.7 Å². The first kappa shape index (κ1) is 19.0. The molecule has 0 radical (unpaired) electrons. The van der Waals surface area contributed by atoms with E-state index in [0.717, 1.165) is 12.8 Å². The van der Waals surface area contributed by atoms with Gasteiger partial charge in [-0.25, -0.2) is 0 Å². The fourth-order valence-corrected chi connectivity index (χ4v) is 5.14. The Balaban J connectivity index is 1.78.